The maximum Gasteiger partial charge on any atom is 0.326 e. The number of hydrogen-bond donors (Lipinski definition) is 2. The van der Waals surface area contributed by atoms with E-state index in [0.29, 0.717) is 13.2 Å². The van der Waals surface area contributed by atoms with Gasteiger partial charge >= 0.3 is 5.97 Å². The summed E-state index contributed by atoms with van der Waals surface area (Å²) in [4.78, 5) is 11.6. The van der Waals surface area contributed by atoms with Crippen LogP contribution in [0.15, 0.2) is 0 Å². The molecule has 0 aromatic rings. The minimum Gasteiger partial charge on any atom is -0.480 e. The third-order valence-corrected chi connectivity index (χ3v) is 3.17. The predicted molar refractivity (Wildman–Crippen MR) is 68.7 cm³/mol. The third-order valence-electron chi connectivity index (χ3n) is 3.17. The fraction of sp³-hybridized carbons (Fsp3) is 0.923. The lowest BCUT2D eigenvalue weighted by Gasteiger charge is -2.32. The Labute approximate surface area is 109 Å². The van der Waals surface area contributed by atoms with Gasteiger partial charge in [-0.15, -0.1) is 0 Å². The Bertz CT molecular complexity index is 266. The number of rotatable bonds is 10. The van der Waals surface area contributed by atoms with Crippen LogP contribution in [0.25, 0.3) is 0 Å². The number of methoxy groups -OCH3 is 1. The average Bonchev–Trinajstić information content (AvgIpc) is 3.10. The molecule has 1 unspecified atom stereocenters. The Balaban J connectivity index is 2.50. The van der Waals surface area contributed by atoms with Gasteiger partial charge in [-0.25, -0.2) is 0 Å². The Morgan fingerprint density at radius 2 is 2.11 bits per heavy atom. The van der Waals surface area contributed by atoms with Crippen LogP contribution in [0.2, 0.25) is 0 Å². The molecule has 0 amide bonds. The standard InChI is InChI=1S/C13H25NO4/c1-10(2)14-13(12(15)16,11-5-6-11)9-18-8-4-7-17-3/h10-11,14H,4-9H2,1-3H3,(H,15,16). The van der Waals surface area contributed by atoms with Gasteiger partial charge in [0.25, 0.3) is 0 Å². The van der Waals surface area contributed by atoms with Crippen molar-refractivity contribution in [2.75, 3.05) is 26.9 Å². The zero-order valence-electron chi connectivity index (χ0n) is 11.6. The van der Waals surface area contributed by atoms with Crippen molar-refractivity contribution in [3.63, 3.8) is 0 Å². The van der Waals surface area contributed by atoms with Gasteiger partial charge in [-0.3, -0.25) is 10.1 Å². The van der Waals surface area contributed by atoms with E-state index in [1.165, 1.54) is 0 Å². The highest BCUT2D eigenvalue weighted by Gasteiger charge is 2.51. The highest BCUT2D eigenvalue weighted by atomic mass is 16.5. The molecule has 0 saturated heterocycles. The SMILES string of the molecule is COCCCOCC(NC(C)C)(C(=O)O)C1CC1. The first-order chi connectivity index (χ1) is 8.53. The summed E-state index contributed by atoms with van der Waals surface area (Å²) >= 11 is 0. The average molecular weight is 259 g/mol. The number of carbonyl (C=O) groups is 1. The van der Waals surface area contributed by atoms with Crippen molar-refractivity contribution < 1.29 is 19.4 Å². The van der Waals surface area contributed by atoms with E-state index in [0.717, 1.165) is 19.3 Å². The Morgan fingerprint density at radius 3 is 2.56 bits per heavy atom. The number of aliphatic carboxylic acids is 1. The van der Waals surface area contributed by atoms with E-state index in [2.05, 4.69) is 5.32 Å². The Hall–Kier alpha value is -0.650. The molecule has 0 radical (unpaired) electrons. The topological polar surface area (TPSA) is 67.8 Å². The van der Waals surface area contributed by atoms with Crippen LogP contribution in [-0.4, -0.2) is 49.6 Å². The monoisotopic (exact) mass is 259 g/mol. The molecule has 1 aliphatic carbocycles. The van der Waals surface area contributed by atoms with Gasteiger partial charge < -0.3 is 14.6 Å². The van der Waals surface area contributed by atoms with Gasteiger partial charge in [0.15, 0.2) is 0 Å². The van der Waals surface area contributed by atoms with Crippen LogP contribution < -0.4 is 5.32 Å². The Kier molecular flexibility index (Phi) is 6.05. The summed E-state index contributed by atoms with van der Waals surface area (Å²) in [6, 6.07) is 0.129. The molecule has 1 atom stereocenters. The van der Waals surface area contributed by atoms with Gasteiger partial charge in [0.1, 0.15) is 5.54 Å². The molecule has 0 aromatic heterocycles. The number of carboxylic acids is 1. The molecule has 0 bridgehead atoms. The lowest BCUT2D eigenvalue weighted by atomic mass is 9.93. The number of nitrogens with one attached hydrogen (secondary N) is 1. The summed E-state index contributed by atoms with van der Waals surface area (Å²) in [5.41, 5.74) is -0.915. The molecule has 106 valence electrons. The zero-order valence-corrected chi connectivity index (χ0v) is 11.6. The molecule has 1 rings (SSSR count). The summed E-state index contributed by atoms with van der Waals surface area (Å²) < 4.78 is 10.5. The van der Waals surface area contributed by atoms with Crippen LogP contribution in [-0.2, 0) is 14.3 Å². The molecule has 0 aromatic carbocycles. The van der Waals surface area contributed by atoms with Crippen LogP contribution in [0, 0.1) is 5.92 Å². The predicted octanol–water partition coefficient (Wildman–Crippen LogP) is 1.27. The molecule has 1 fully saturated rings. The smallest absolute Gasteiger partial charge is 0.326 e. The molecule has 0 aliphatic heterocycles. The minimum atomic E-state index is -0.915. The van der Waals surface area contributed by atoms with E-state index in [4.69, 9.17) is 9.47 Å². The van der Waals surface area contributed by atoms with Crippen molar-refractivity contribution in [3.8, 4) is 0 Å². The van der Waals surface area contributed by atoms with Gasteiger partial charge in [0.05, 0.1) is 6.61 Å². The Morgan fingerprint density at radius 1 is 1.44 bits per heavy atom. The van der Waals surface area contributed by atoms with Gasteiger partial charge in [-0.2, -0.15) is 0 Å². The molecule has 0 heterocycles. The molecule has 5 heteroatoms. The van der Waals surface area contributed by atoms with Crippen LogP contribution in [0.4, 0.5) is 0 Å². The van der Waals surface area contributed by atoms with E-state index in [-0.39, 0.29) is 18.6 Å². The first-order valence-electron chi connectivity index (χ1n) is 6.60. The summed E-state index contributed by atoms with van der Waals surface area (Å²) in [6.45, 7) is 5.33. The number of carboxylic acid groups (broad SMARTS) is 1. The quantitative estimate of drug-likeness (QED) is 0.578. The van der Waals surface area contributed by atoms with Crippen molar-refractivity contribution in [1.29, 1.82) is 0 Å². The van der Waals surface area contributed by atoms with Crippen molar-refractivity contribution in [1.82, 2.24) is 5.32 Å². The summed E-state index contributed by atoms with van der Waals surface area (Å²) in [5, 5.41) is 12.7. The second-order valence-corrected chi connectivity index (χ2v) is 5.25. The highest BCUT2D eigenvalue weighted by Crippen LogP contribution is 2.40. The van der Waals surface area contributed by atoms with Crippen molar-refractivity contribution in [2.24, 2.45) is 5.92 Å². The second-order valence-electron chi connectivity index (χ2n) is 5.25. The van der Waals surface area contributed by atoms with Crippen molar-refractivity contribution >= 4 is 5.97 Å². The lowest BCUT2D eigenvalue weighted by Crippen LogP contribution is -2.59. The van der Waals surface area contributed by atoms with E-state index in [9.17, 15) is 9.90 Å². The van der Waals surface area contributed by atoms with Crippen LogP contribution in [0.1, 0.15) is 33.1 Å². The molecule has 2 N–H and O–H groups in total. The van der Waals surface area contributed by atoms with E-state index < -0.39 is 11.5 Å². The normalized spacial score (nSPS) is 18.9. The van der Waals surface area contributed by atoms with Gasteiger partial charge in [-0.1, -0.05) is 0 Å². The highest BCUT2D eigenvalue weighted by molar-refractivity contribution is 5.80. The fourth-order valence-corrected chi connectivity index (χ4v) is 2.21. The fourth-order valence-electron chi connectivity index (χ4n) is 2.21. The summed E-state index contributed by atoms with van der Waals surface area (Å²) in [7, 11) is 1.64. The molecule has 1 saturated carbocycles. The van der Waals surface area contributed by atoms with Gasteiger partial charge in [0.2, 0.25) is 0 Å². The lowest BCUT2D eigenvalue weighted by molar-refractivity contribution is -0.149. The van der Waals surface area contributed by atoms with E-state index >= 15 is 0 Å². The van der Waals surface area contributed by atoms with E-state index in [1.54, 1.807) is 7.11 Å². The maximum absolute atomic E-state index is 11.6. The summed E-state index contributed by atoms with van der Waals surface area (Å²) in [6.07, 6.45) is 2.72. The second kappa shape index (κ2) is 7.07. The summed E-state index contributed by atoms with van der Waals surface area (Å²) in [5.74, 6) is -0.606. The van der Waals surface area contributed by atoms with Crippen molar-refractivity contribution in [3.05, 3.63) is 0 Å². The van der Waals surface area contributed by atoms with Crippen LogP contribution in [0.5, 0.6) is 0 Å². The van der Waals surface area contributed by atoms with Crippen LogP contribution >= 0.6 is 0 Å². The van der Waals surface area contributed by atoms with Gasteiger partial charge in [0, 0.05) is 26.4 Å². The van der Waals surface area contributed by atoms with Crippen molar-refractivity contribution in [2.45, 2.75) is 44.7 Å². The van der Waals surface area contributed by atoms with E-state index in [1.807, 2.05) is 13.8 Å². The molecular weight excluding hydrogens is 234 g/mol. The van der Waals surface area contributed by atoms with Gasteiger partial charge in [-0.05, 0) is 39.0 Å². The number of ether oxygens (including phenoxy) is 2. The largest absolute Gasteiger partial charge is 0.480 e. The molecule has 0 spiro atoms. The minimum absolute atomic E-state index is 0.129. The molecular formula is C13H25NO4. The van der Waals surface area contributed by atoms with Crippen LogP contribution in [0.3, 0.4) is 0 Å². The first kappa shape index (κ1) is 15.4. The maximum atomic E-state index is 11.6. The third kappa shape index (κ3) is 4.23. The molecule has 1 aliphatic rings. The first-order valence-corrected chi connectivity index (χ1v) is 6.60. The number of hydrogen-bond acceptors (Lipinski definition) is 4. The molecule has 5 nitrogen and oxygen atoms in total. The zero-order chi connectivity index (χ0) is 13.6. The molecule has 18 heavy (non-hydrogen) atoms.